The van der Waals surface area contributed by atoms with E-state index in [4.69, 9.17) is 9.47 Å². The van der Waals surface area contributed by atoms with Crippen molar-refractivity contribution in [1.29, 1.82) is 0 Å². The predicted molar refractivity (Wildman–Crippen MR) is 111 cm³/mol. The van der Waals surface area contributed by atoms with Gasteiger partial charge in [0.15, 0.2) is 0 Å². The van der Waals surface area contributed by atoms with Gasteiger partial charge >= 0.3 is 18.2 Å². The summed E-state index contributed by atoms with van der Waals surface area (Å²) in [6, 6.07) is 5.61. The zero-order valence-electron chi connectivity index (χ0n) is 17.4. The third-order valence-corrected chi connectivity index (χ3v) is 5.50. The van der Waals surface area contributed by atoms with Crippen LogP contribution in [0.15, 0.2) is 24.5 Å². The summed E-state index contributed by atoms with van der Waals surface area (Å²) in [5.41, 5.74) is 1.89. The highest BCUT2D eigenvalue weighted by molar-refractivity contribution is 5.91. The molecule has 1 aromatic heterocycles. The molecule has 0 bridgehead atoms. The van der Waals surface area contributed by atoms with E-state index < -0.39 is 6.16 Å². The molecule has 0 spiro atoms. The van der Waals surface area contributed by atoms with Crippen LogP contribution in [-0.2, 0) is 11.2 Å². The topological polar surface area (TPSA) is 119 Å². The smallest absolute Gasteiger partial charge is 0.497 e. The first-order valence-corrected chi connectivity index (χ1v) is 10.0. The first-order chi connectivity index (χ1) is 15.1. The number of piperidine rings is 1. The number of amides is 2. The molecule has 1 fully saturated rings. The molecule has 1 saturated heterocycles. The maximum Gasteiger partial charge on any atom is 0.516 e. The van der Waals surface area contributed by atoms with Crippen LogP contribution in [0.5, 0.6) is 11.8 Å². The number of aromatic nitrogens is 3. The standard InChI is InChI=1S/C20H24N6O5/c1-29-15-3-4-16-13(11-15)5-10-26(19(27)23-16)14-6-8-25(9-7-14)17-21-12-22-18(24-17)31-20(28)30-2/h3-4,11-12,14H,5-10H2,1-2H3,(H,23,27). The van der Waals surface area contributed by atoms with Crippen LogP contribution in [0.1, 0.15) is 18.4 Å². The summed E-state index contributed by atoms with van der Waals surface area (Å²) in [6.45, 7) is 1.97. The highest BCUT2D eigenvalue weighted by Gasteiger charge is 2.31. The van der Waals surface area contributed by atoms with Gasteiger partial charge in [-0.1, -0.05) is 0 Å². The molecule has 2 aromatic rings. The molecule has 11 nitrogen and oxygen atoms in total. The second-order valence-electron chi connectivity index (χ2n) is 7.24. The van der Waals surface area contributed by atoms with Gasteiger partial charge in [-0.05, 0) is 43.0 Å². The molecule has 2 aliphatic heterocycles. The van der Waals surface area contributed by atoms with E-state index in [0.29, 0.717) is 25.6 Å². The summed E-state index contributed by atoms with van der Waals surface area (Å²) in [5, 5.41) is 3.02. The molecule has 0 atom stereocenters. The zero-order valence-corrected chi connectivity index (χ0v) is 17.4. The molecule has 0 saturated carbocycles. The van der Waals surface area contributed by atoms with Crippen molar-refractivity contribution in [2.75, 3.05) is 44.1 Å². The van der Waals surface area contributed by atoms with Gasteiger partial charge in [0.2, 0.25) is 5.95 Å². The van der Waals surface area contributed by atoms with E-state index in [9.17, 15) is 9.59 Å². The number of ether oxygens (including phenoxy) is 3. The molecule has 4 rings (SSSR count). The number of carbonyl (C=O) groups is 2. The van der Waals surface area contributed by atoms with Crippen molar-refractivity contribution >= 4 is 23.8 Å². The van der Waals surface area contributed by atoms with Crippen molar-refractivity contribution in [3.63, 3.8) is 0 Å². The molecule has 3 heterocycles. The minimum Gasteiger partial charge on any atom is -0.497 e. The molecule has 0 unspecified atom stereocenters. The number of nitrogens with zero attached hydrogens (tertiary/aromatic N) is 5. The maximum atomic E-state index is 12.8. The summed E-state index contributed by atoms with van der Waals surface area (Å²) in [7, 11) is 2.84. The number of hydrogen-bond acceptors (Lipinski definition) is 9. The SMILES string of the molecule is COC(=O)Oc1ncnc(N2CCC(N3CCc4cc(OC)ccc4NC3=O)CC2)n1. The number of urea groups is 1. The molecule has 164 valence electrons. The minimum absolute atomic E-state index is 0.0868. The summed E-state index contributed by atoms with van der Waals surface area (Å²) < 4.78 is 14.6. The fourth-order valence-electron chi connectivity index (χ4n) is 3.87. The van der Waals surface area contributed by atoms with E-state index in [2.05, 4.69) is 25.0 Å². The normalized spacial score (nSPS) is 16.8. The Bertz CT molecular complexity index is 963. The maximum absolute atomic E-state index is 12.8. The Balaban J connectivity index is 1.38. The van der Waals surface area contributed by atoms with Crippen molar-refractivity contribution < 1.29 is 23.8 Å². The van der Waals surface area contributed by atoms with Crippen LogP contribution >= 0.6 is 0 Å². The quantitative estimate of drug-likeness (QED) is 0.730. The largest absolute Gasteiger partial charge is 0.516 e. The second-order valence-corrected chi connectivity index (χ2v) is 7.24. The van der Waals surface area contributed by atoms with E-state index in [1.807, 2.05) is 28.0 Å². The van der Waals surface area contributed by atoms with Crippen molar-refractivity contribution in [3.8, 4) is 11.8 Å². The van der Waals surface area contributed by atoms with Crippen molar-refractivity contribution in [2.45, 2.75) is 25.3 Å². The highest BCUT2D eigenvalue weighted by atomic mass is 16.7. The Morgan fingerprint density at radius 1 is 1.16 bits per heavy atom. The van der Waals surface area contributed by atoms with Gasteiger partial charge in [-0.2, -0.15) is 9.97 Å². The molecular weight excluding hydrogens is 404 g/mol. The highest BCUT2D eigenvalue weighted by Crippen LogP contribution is 2.28. The number of rotatable bonds is 4. The first kappa shape index (κ1) is 20.6. The first-order valence-electron chi connectivity index (χ1n) is 10.0. The fourth-order valence-corrected chi connectivity index (χ4v) is 3.87. The number of anilines is 2. The molecule has 11 heteroatoms. The van der Waals surface area contributed by atoms with Crippen LogP contribution in [0, 0.1) is 0 Å². The monoisotopic (exact) mass is 428 g/mol. The van der Waals surface area contributed by atoms with E-state index in [0.717, 1.165) is 36.3 Å². The van der Waals surface area contributed by atoms with Gasteiger partial charge in [0, 0.05) is 31.4 Å². The lowest BCUT2D eigenvalue weighted by atomic mass is 10.0. The van der Waals surface area contributed by atoms with Crippen molar-refractivity contribution in [1.82, 2.24) is 19.9 Å². The van der Waals surface area contributed by atoms with E-state index in [1.165, 1.54) is 13.4 Å². The molecule has 31 heavy (non-hydrogen) atoms. The average molecular weight is 428 g/mol. The molecule has 0 radical (unpaired) electrons. The van der Waals surface area contributed by atoms with Gasteiger partial charge < -0.3 is 29.3 Å². The van der Waals surface area contributed by atoms with E-state index in [1.54, 1.807) is 7.11 Å². The number of carbonyl (C=O) groups excluding carboxylic acids is 2. The van der Waals surface area contributed by atoms with Gasteiger partial charge in [-0.25, -0.2) is 14.6 Å². The lowest BCUT2D eigenvalue weighted by molar-refractivity contribution is 0.117. The Morgan fingerprint density at radius 2 is 1.97 bits per heavy atom. The summed E-state index contributed by atoms with van der Waals surface area (Å²) in [6.07, 6.45) is 2.70. The summed E-state index contributed by atoms with van der Waals surface area (Å²) in [4.78, 5) is 40.1. The molecule has 2 amide bonds. The van der Waals surface area contributed by atoms with Crippen molar-refractivity contribution in [2.24, 2.45) is 0 Å². The Kier molecular flexibility index (Phi) is 6.01. The Labute approximate surface area is 179 Å². The van der Waals surface area contributed by atoms with Gasteiger partial charge in [0.25, 0.3) is 0 Å². The lowest BCUT2D eigenvalue weighted by Crippen LogP contribution is -2.49. The van der Waals surface area contributed by atoms with Crippen molar-refractivity contribution in [3.05, 3.63) is 30.1 Å². The van der Waals surface area contributed by atoms with E-state index in [-0.39, 0.29) is 18.1 Å². The Hall–Kier alpha value is -3.63. The van der Waals surface area contributed by atoms with Crippen LogP contribution in [0.3, 0.4) is 0 Å². The van der Waals surface area contributed by atoms with E-state index >= 15 is 0 Å². The molecular formula is C20H24N6O5. The molecule has 1 N–H and O–H groups in total. The molecule has 0 aliphatic carbocycles. The number of hydrogen-bond donors (Lipinski definition) is 1. The third kappa shape index (κ3) is 4.60. The fraction of sp³-hybridized carbons (Fsp3) is 0.450. The number of methoxy groups -OCH3 is 2. The second kappa shape index (κ2) is 9.02. The molecule has 2 aliphatic rings. The number of benzene rings is 1. The third-order valence-electron chi connectivity index (χ3n) is 5.50. The predicted octanol–water partition coefficient (Wildman–Crippen LogP) is 2.08. The minimum atomic E-state index is -0.887. The number of fused-ring (bicyclic) bond motifs is 1. The van der Waals surface area contributed by atoms with Gasteiger partial charge in [-0.15, -0.1) is 0 Å². The summed E-state index contributed by atoms with van der Waals surface area (Å²) >= 11 is 0. The lowest BCUT2D eigenvalue weighted by Gasteiger charge is -2.37. The van der Waals surface area contributed by atoms with Crippen LogP contribution < -0.4 is 19.7 Å². The zero-order chi connectivity index (χ0) is 21.8. The summed E-state index contributed by atoms with van der Waals surface area (Å²) in [5.74, 6) is 1.20. The van der Waals surface area contributed by atoms with Gasteiger partial charge in [-0.3, -0.25) is 0 Å². The average Bonchev–Trinajstić information content (AvgIpc) is 2.96. The van der Waals surface area contributed by atoms with Gasteiger partial charge in [0.1, 0.15) is 12.1 Å². The van der Waals surface area contributed by atoms with Gasteiger partial charge in [0.05, 0.1) is 14.2 Å². The van der Waals surface area contributed by atoms with Crippen LogP contribution in [-0.4, -0.2) is 71.9 Å². The van der Waals surface area contributed by atoms with Crippen LogP contribution in [0.4, 0.5) is 21.2 Å². The number of nitrogens with one attached hydrogen (secondary N) is 1. The van der Waals surface area contributed by atoms with Crippen LogP contribution in [0.2, 0.25) is 0 Å². The Morgan fingerprint density at radius 3 is 2.71 bits per heavy atom. The molecule has 1 aromatic carbocycles. The van der Waals surface area contributed by atoms with Crippen LogP contribution in [0.25, 0.3) is 0 Å².